The second kappa shape index (κ2) is 5.01. The number of hydrogen-bond acceptors (Lipinski definition) is 3. The molecule has 7 heteroatoms. The van der Waals surface area contributed by atoms with Crippen molar-refractivity contribution in [3.05, 3.63) is 63.6 Å². The van der Waals surface area contributed by atoms with Gasteiger partial charge < -0.3 is 10.3 Å². The zero-order valence-electron chi connectivity index (χ0n) is 11.5. The minimum absolute atomic E-state index is 0.0335. The van der Waals surface area contributed by atoms with E-state index in [0.29, 0.717) is 11.5 Å². The summed E-state index contributed by atoms with van der Waals surface area (Å²) in [6.07, 6.45) is -3.06. The number of nitrogens with one attached hydrogen (secondary N) is 2. The topological polar surface area (TPSA) is 57.2 Å². The number of hydrogen-bond donors (Lipinski definition) is 2. The molecule has 3 rings (SSSR count). The minimum Gasteiger partial charge on any atom is -0.344 e. The van der Waals surface area contributed by atoms with Crippen LogP contribution in [-0.4, -0.2) is 10.8 Å². The maximum absolute atomic E-state index is 13.2. The Morgan fingerprint density at radius 2 is 1.91 bits per heavy atom. The quantitative estimate of drug-likeness (QED) is 0.849. The number of alkyl halides is 3. The van der Waals surface area contributed by atoms with Crippen molar-refractivity contribution in [3.63, 3.8) is 0 Å². The first-order valence-electron chi connectivity index (χ1n) is 6.57. The number of anilines is 1. The molecule has 0 saturated heterocycles. The van der Waals surface area contributed by atoms with Crippen molar-refractivity contribution >= 4 is 11.5 Å². The van der Waals surface area contributed by atoms with Crippen LogP contribution in [0.4, 0.5) is 18.9 Å². The molecule has 0 saturated carbocycles. The van der Waals surface area contributed by atoms with E-state index in [1.54, 1.807) is 13.0 Å². The lowest BCUT2D eigenvalue weighted by Crippen LogP contribution is -2.27. The Labute approximate surface area is 123 Å². The molecule has 2 N–H and O–H groups in total. The number of aromatic nitrogens is 1. The molecule has 1 aliphatic heterocycles. The number of aromatic amines is 1. The molecule has 114 valence electrons. The van der Waals surface area contributed by atoms with Crippen molar-refractivity contribution in [1.29, 1.82) is 0 Å². The summed E-state index contributed by atoms with van der Waals surface area (Å²) in [5, 5.41) is 2.91. The third kappa shape index (κ3) is 2.38. The molecular formula is C15H12F3N3O. The summed E-state index contributed by atoms with van der Waals surface area (Å²) in [6.45, 7) is 1.65. The van der Waals surface area contributed by atoms with Gasteiger partial charge in [0.05, 0.1) is 22.6 Å². The highest BCUT2D eigenvalue weighted by atomic mass is 19.4. The molecule has 2 heterocycles. The van der Waals surface area contributed by atoms with E-state index in [1.165, 1.54) is 24.4 Å². The van der Waals surface area contributed by atoms with Gasteiger partial charge in [0.25, 0.3) is 5.56 Å². The Balaban J connectivity index is 2.26. The monoisotopic (exact) mass is 307 g/mol. The van der Waals surface area contributed by atoms with Crippen LogP contribution < -0.4 is 10.9 Å². The molecule has 0 bridgehead atoms. The Morgan fingerprint density at radius 3 is 2.64 bits per heavy atom. The summed E-state index contributed by atoms with van der Waals surface area (Å²) < 4.78 is 39.7. The van der Waals surface area contributed by atoms with Gasteiger partial charge in [0.15, 0.2) is 0 Å². The van der Waals surface area contributed by atoms with E-state index >= 15 is 0 Å². The molecule has 1 aromatic heterocycles. The predicted octanol–water partition coefficient (Wildman–Crippen LogP) is 3.33. The summed E-state index contributed by atoms with van der Waals surface area (Å²) >= 11 is 0. The molecule has 0 aliphatic carbocycles. The van der Waals surface area contributed by atoms with E-state index in [4.69, 9.17) is 0 Å². The van der Waals surface area contributed by atoms with Crippen molar-refractivity contribution in [2.45, 2.75) is 19.1 Å². The van der Waals surface area contributed by atoms with Crippen LogP contribution in [0.3, 0.4) is 0 Å². The smallest absolute Gasteiger partial charge is 0.344 e. The largest absolute Gasteiger partial charge is 0.416 e. The summed E-state index contributed by atoms with van der Waals surface area (Å²) in [6, 6.07) is 5.80. The Morgan fingerprint density at radius 1 is 1.18 bits per heavy atom. The Bertz CT molecular complexity index is 808. The first-order chi connectivity index (χ1) is 10.4. The number of halogens is 3. The fraction of sp³-hybridized carbons (Fsp3) is 0.200. The second-order valence-corrected chi connectivity index (χ2v) is 4.96. The highest BCUT2D eigenvalue weighted by Gasteiger charge is 2.37. The zero-order valence-corrected chi connectivity index (χ0v) is 11.5. The molecule has 22 heavy (non-hydrogen) atoms. The molecule has 0 radical (unpaired) electrons. The highest BCUT2D eigenvalue weighted by Crippen LogP contribution is 2.40. The number of fused-ring (bicyclic) bond motifs is 1. The Hall–Kier alpha value is -2.57. The van der Waals surface area contributed by atoms with Crippen LogP contribution in [-0.2, 0) is 6.18 Å². The van der Waals surface area contributed by atoms with Crippen molar-refractivity contribution in [1.82, 2.24) is 4.98 Å². The van der Waals surface area contributed by atoms with Crippen LogP contribution in [0.1, 0.15) is 29.7 Å². The van der Waals surface area contributed by atoms with Gasteiger partial charge >= 0.3 is 6.18 Å². The highest BCUT2D eigenvalue weighted by molar-refractivity contribution is 5.96. The fourth-order valence-electron chi connectivity index (χ4n) is 2.58. The van der Waals surface area contributed by atoms with Gasteiger partial charge in [0.1, 0.15) is 6.04 Å². The van der Waals surface area contributed by atoms with E-state index in [2.05, 4.69) is 15.3 Å². The summed E-state index contributed by atoms with van der Waals surface area (Å²) in [5.74, 6) is 0.458. The molecule has 0 fully saturated rings. The molecule has 1 unspecified atom stereocenters. The van der Waals surface area contributed by atoms with E-state index in [1.807, 2.05) is 0 Å². The fourth-order valence-corrected chi connectivity index (χ4v) is 2.58. The lowest BCUT2D eigenvalue weighted by Gasteiger charge is -2.25. The molecule has 1 aliphatic rings. The van der Waals surface area contributed by atoms with Crippen LogP contribution in [0.2, 0.25) is 0 Å². The molecule has 1 aromatic carbocycles. The minimum atomic E-state index is -4.51. The maximum atomic E-state index is 13.2. The number of pyridine rings is 1. The number of benzene rings is 1. The van der Waals surface area contributed by atoms with Gasteiger partial charge in [-0.15, -0.1) is 0 Å². The third-order valence-electron chi connectivity index (χ3n) is 3.47. The molecule has 2 aromatic rings. The lowest BCUT2D eigenvalue weighted by atomic mass is 9.93. The van der Waals surface area contributed by atoms with Crippen molar-refractivity contribution < 1.29 is 13.2 Å². The SMILES string of the molecule is CC1=NC(c2ccccc2C(F)(F)F)c2c(cc[nH]c2=O)N1. The number of amidine groups is 1. The van der Waals surface area contributed by atoms with Gasteiger partial charge in [0, 0.05) is 6.20 Å². The van der Waals surface area contributed by atoms with Crippen LogP contribution in [0.15, 0.2) is 46.3 Å². The molecule has 0 amide bonds. The lowest BCUT2D eigenvalue weighted by molar-refractivity contribution is -0.138. The number of nitrogens with zero attached hydrogens (tertiary/aromatic N) is 1. The van der Waals surface area contributed by atoms with E-state index in [-0.39, 0.29) is 11.1 Å². The Kier molecular flexibility index (Phi) is 3.27. The zero-order chi connectivity index (χ0) is 15.9. The summed E-state index contributed by atoms with van der Waals surface area (Å²) in [7, 11) is 0. The first kappa shape index (κ1) is 14.4. The van der Waals surface area contributed by atoms with Gasteiger partial charge in [-0.3, -0.25) is 9.79 Å². The third-order valence-corrected chi connectivity index (χ3v) is 3.47. The molecule has 0 spiro atoms. The van der Waals surface area contributed by atoms with Crippen molar-refractivity contribution in [3.8, 4) is 0 Å². The van der Waals surface area contributed by atoms with Gasteiger partial charge in [-0.25, -0.2) is 0 Å². The second-order valence-electron chi connectivity index (χ2n) is 4.96. The normalized spacial score (nSPS) is 17.5. The molecular weight excluding hydrogens is 295 g/mol. The van der Waals surface area contributed by atoms with Crippen molar-refractivity contribution in [2.24, 2.45) is 4.99 Å². The molecule has 1 atom stereocenters. The van der Waals surface area contributed by atoms with Gasteiger partial charge in [-0.05, 0) is 24.6 Å². The van der Waals surface area contributed by atoms with Gasteiger partial charge in [0.2, 0.25) is 0 Å². The first-order valence-corrected chi connectivity index (χ1v) is 6.57. The standard InChI is InChI=1S/C15H12F3N3O/c1-8-20-11-6-7-19-14(22)12(11)13(21-8)9-4-2-3-5-10(9)15(16,17)18/h2-7,13H,1H3,(H,19,22)(H,20,21). The van der Waals surface area contributed by atoms with E-state index in [0.717, 1.165) is 6.07 Å². The van der Waals surface area contributed by atoms with Gasteiger partial charge in [-0.2, -0.15) is 13.2 Å². The van der Waals surface area contributed by atoms with E-state index in [9.17, 15) is 18.0 Å². The number of H-pyrrole nitrogens is 1. The van der Waals surface area contributed by atoms with Crippen LogP contribution in [0.25, 0.3) is 0 Å². The predicted molar refractivity (Wildman–Crippen MR) is 77.1 cm³/mol. The number of aliphatic imine (C=N–C) groups is 1. The van der Waals surface area contributed by atoms with Crippen LogP contribution in [0, 0.1) is 0 Å². The summed E-state index contributed by atoms with van der Waals surface area (Å²) in [4.78, 5) is 18.8. The van der Waals surface area contributed by atoms with Crippen molar-refractivity contribution in [2.75, 3.05) is 5.32 Å². The van der Waals surface area contributed by atoms with Gasteiger partial charge in [-0.1, -0.05) is 18.2 Å². The maximum Gasteiger partial charge on any atom is 0.416 e. The van der Waals surface area contributed by atoms with Crippen LogP contribution in [0.5, 0.6) is 0 Å². The number of rotatable bonds is 1. The molecule has 4 nitrogen and oxygen atoms in total. The van der Waals surface area contributed by atoms with Crippen LogP contribution >= 0.6 is 0 Å². The average Bonchev–Trinajstić information content (AvgIpc) is 2.45. The summed E-state index contributed by atoms with van der Waals surface area (Å²) in [5.41, 5.74) is -0.618. The average molecular weight is 307 g/mol. The van der Waals surface area contributed by atoms with E-state index < -0.39 is 23.3 Å².